The van der Waals surface area contributed by atoms with Gasteiger partial charge in [-0.15, -0.1) is 0 Å². The van der Waals surface area contributed by atoms with Crippen molar-refractivity contribution in [2.75, 3.05) is 20.2 Å². The predicted octanol–water partition coefficient (Wildman–Crippen LogP) is 2.28. The minimum Gasteiger partial charge on any atom is -0.444 e. The van der Waals surface area contributed by atoms with E-state index in [4.69, 9.17) is 9.47 Å². The quantitative estimate of drug-likeness (QED) is 0.707. The molecule has 2 aliphatic rings. The van der Waals surface area contributed by atoms with Gasteiger partial charge in [0.1, 0.15) is 5.60 Å². The Balaban J connectivity index is 1.86. The van der Waals surface area contributed by atoms with Crippen molar-refractivity contribution in [2.45, 2.75) is 45.3 Å². The number of methoxy groups -OCH3 is 1. The maximum absolute atomic E-state index is 11.9. The van der Waals surface area contributed by atoms with Gasteiger partial charge >= 0.3 is 6.09 Å². The number of fused-ring (bicyclic) bond motifs is 1. The average molecular weight is 241 g/mol. The molecular weight excluding hydrogens is 218 g/mol. The van der Waals surface area contributed by atoms with Crippen LogP contribution in [0, 0.1) is 11.8 Å². The topological polar surface area (TPSA) is 38.8 Å². The van der Waals surface area contributed by atoms with Gasteiger partial charge in [-0.2, -0.15) is 0 Å². The van der Waals surface area contributed by atoms with Gasteiger partial charge in [-0.25, -0.2) is 4.79 Å². The summed E-state index contributed by atoms with van der Waals surface area (Å²) >= 11 is 0. The molecule has 1 saturated heterocycles. The third-order valence-electron chi connectivity index (χ3n) is 3.69. The normalized spacial score (nSPS) is 32.7. The summed E-state index contributed by atoms with van der Waals surface area (Å²) in [5, 5.41) is 0. The van der Waals surface area contributed by atoms with Crippen molar-refractivity contribution in [1.29, 1.82) is 0 Å². The van der Waals surface area contributed by atoms with Gasteiger partial charge in [0.25, 0.3) is 0 Å². The first-order valence-corrected chi connectivity index (χ1v) is 6.40. The van der Waals surface area contributed by atoms with Crippen molar-refractivity contribution < 1.29 is 14.3 Å². The van der Waals surface area contributed by atoms with E-state index >= 15 is 0 Å². The molecule has 0 bridgehead atoms. The van der Waals surface area contributed by atoms with Gasteiger partial charge in [0.2, 0.25) is 0 Å². The van der Waals surface area contributed by atoms with Crippen LogP contribution >= 0.6 is 0 Å². The lowest BCUT2D eigenvalue weighted by Gasteiger charge is -2.25. The smallest absolute Gasteiger partial charge is 0.410 e. The lowest BCUT2D eigenvalue weighted by molar-refractivity contribution is 0.0260. The maximum Gasteiger partial charge on any atom is 0.410 e. The highest BCUT2D eigenvalue weighted by Crippen LogP contribution is 2.39. The molecule has 2 fully saturated rings. The number of hydrogen-bond donors (Lipinski definition) is 0. The standard InChI is InChI=1S/C13H23NO3/c1-13(2,3)17-12(15)14-7-9-5-11(16-4)6-10(9)8-14/h9-11H,5-8H2,1-4H3/t9-,10+,11?. The average Bonchev–Trinajstić information content (AvgIpc) is 2.70. The van der Waals surface area contributed by atoms with Crippen LogP contribution in [0.25, 0.3) is 0 Å². The second-order valence-corrected chi connectivity index (χ2v) is 6.23. The molecular formula is C13H23NO3. The van der Waals surface area contributed by atoms with E-state index in [1.54, 1.807) is 7.11 Å². The molecule has 0 radical (unpaired) electrons. The Morgan fingerprint density at radius 1 is 1.18 bits per heavy atom. The van der Waals surface area contributed by atoms with Crippen LogP contribution in [-0.4, -0.2) is 42.9 Å². The van der Waals surface area contributed by atoms with E-state index < -0.39 is 5.60 Å². The molecule has 1 heterocycles. The van der Waals surface area contributed by atoms with Crippen molar-refractivity contribution in [1.82, 2.24) is 4.90 Å². The summed E-state index contributed by atoms with van der Waals surface area (Å²) in [4.78, 5) is 13.8. The van der Waals surface area contributed by atoms with Gasteiger partial charge in [0, 0.05) is 20.2 Å². The minimum atomic E-state index is -0.399. The van der Waals surface area contributed by atoms with Gasteiger partial charge in [0.05, 0.1) is 6.10 Å². The Bertz CT molecular complexity index is 284. The Kier molecular flexibility index (Phi) is 3.34. The fraction of sp³-hybridized carbons (Fsp3) is 0.923. The monoisotopic (exact) mass is 241 g/mol. The van der Waals surface area contributed by atoms with Crippen molar-refractivity contribution in [2.24, 2.45) is 11.8 Å². The van der Waals surface area contributed by atoms with E-state index in [-0.39, 0.29) is 6.09 Å². The third-order valence-corrected chi connectivity index (χ3v) is 3.69. The van der Waals surface area contributed by atoms with Gasteiger partial charge in [-0.1, -0.05) is 0 Å². The van der Waals surface area contributed by atoms with Crippen LogP contribution in [0.1, 0.15) is 33.6 Å². The molecule has 0 aromatic heterocycles. The largest absolute Gasteiger partial charge is 0.444 e. The molecule has 0 N–H and O–H groups in total. The van der Waals surface area contributed by atoms with Gasteiger partial charge < -0.3 is 14.4 Å². The summed E-state index contributed by atoms with van der Waals surface area (Å²) < 4.78 is 10.8. The summed E-state index contributed by atoms with van der Waals surface area (Å²) in [6.07, 6.45) is 2.40. The first-order chi connectivity index (χ1) is 7.89. The molecule has 4 heteroatoms. The van der Waals surface area contributed by atoms with Crippen molar-refractivity contribution in [3.05, 3.63) is 0 Å². The van der Waals surface area contributed by atoms with Crippen LogP contribution in [0.4, 0.5) is 4.79 Å². The molecule has 1 saturated carbocycles. The highest BCUT2D eigenvalue weighted by Gasteiger charge is 2.43. The van der Waals surface area contributed by atoms with E-state index in [2.05, 4.69) is 0 Å². The Morgan fingerprint density at radius 3 is 2.12 bits per heavy atom. The number of ether oxygens (including phenoxy) is 2. The van der Waals surface area contributed by atoms with Crippen LogP contribution in [0.5, 0.6) is 0 Å². The molecule has 1 amide bonds. The molecule has 3 atom stereocenters. The van der Waals surface area contributed by atoms with Gasteiger partial charge in [-0.3, -0.25) is 0 Å². The fourth-order valence-electron chi connectivity index (χ4n) is 2.91. The van der Waals surface area contributed by atoms with Crippen molar-refractivity contribution >= 4 is 6.09 Å². The highest BCUT2D eigenvalue weighted by molar-refractivity contribution is 5.68. The summed E-state index contributed by atoms with van der Waals surface area (Å²) in [5.74, 6) is 1.21. The number of carbonyl (C=O) groups is 1. The summed E-state index contributed by atoms with van der Waals surface area (Å²) in [5.41, 5.74) is -0.399. The summed E-state index contributed by atoms with van der Waals surface area (Å²) in [6, 6.07) is 0. The van der Waals surface area contributed by atoms with Crippen LogP contribution in [0.3, 0.4) is 0 Å². The number of rotatable bonds is 1. The lowest BCUT2D eigenvalue weighted by atomic mass is 10.0. The summed E-state index contributed by atoms with van der Waals surface area (Å²) in [7, 11) is 1.78. The van der Waals surface area contributed by atoms with E-state index in [1.807, 2.05) is 25.7 Å². The Morgan fingerprint density at radius 2 is 1.71 bits per heavy atom. The zero-order chi connectivity index (χ0) is 12.6. The second kappa shape index (κ2) is 4.48. The zero-order valence-corrected chi connectivity index (χ0v) is 11.2. The maximum atomic E-state index is 11.9. The van der Waals surface area contributed by atoms with Crippen LogP contribution in [0.2, 0.25) is 0 Å². The molecule has 2 rings (SSSR count). The van der Waals surface area contributed by atoms with Gasteiger partial charge in [-0.05, 0) is 45.4 Å². The molecule has 4 nitrogen and oxygen atoms in total. The van der Waals surface area contributed by atoms with Crippen LogP contribution in [0.15, 0.2) is 0 Å². The Labute approximate surface area is 103 Å². The van der Waals surface area contributed by atoms with Crippen LogP contribution < -0.4 is 0 Å². The van der Waals surface area contributed by atoms with E-state index in [0.717, 1.165) is 25.9 Å². The third kappa shape index (κ3) is 2.92. The molecule has 0 aromatic carbocycles. The molecule has 1 unspecified atom stereocenters. The Hall–Kier alpha value is -0.770. The molecule has 1 aliphatic carbocycles. The van der Waals surface area contributed by atoms with Gasteiger partial charge in [0.15, 0.2) is 0 Å². The van der Waals surface area contributed by atoms with E-state index in [0.29, 0.717) is 17.9 Å². The number of hydrogen-bond acceptors (Lipinski definition) is 3. The number of carbonyl (C=O) groups excluding carboxylic acids is 1. The lowest BCUT2D eigenvalue weighted by Crippen LogP contribution is -2.36. The van der Waals surface area contributed by atoms with E-state index in [1.165, 1.54) is 0 Å². The van der Waals surface area contributed by atoms with E-state index in [9.17, 15) is 4.79 Å². The molecule has 1 aliphatic heterocycles. The molecule has 98 valence electrons. The first kappa shape index (κ1) is 12.7. The minimum absolute atomic E-state index is 0.166. The number of likely N-dealkylation sites (tertiary alicyclic amines) is 1. The SMILES string of the molecule is COC1C[C@@H]2CN(C(=O)OC(C)(C)C)C[C@@H]2C1. The summed E-state index contributed by atoms with van der Waals surface area (Å²) in [6.45, 7) is 7.38. The second-order valence-electron chi connectivity index (χ2n) is 6.23. The van der Waals surface area contributed by atoms with Crippen molar-refractivity contribution in [3.8, 4) is 0 Å². The molecule has 0 spiro atoms. The first-order valence-electron chi connectivity index (χ1n) is 6.40. The number of nitrogens with zero attached hydrogens (tertiary/aromatic N) is 1. The molecule has 0 aromatic rings. The predicted molar refractivity (Wildman–Crippen MR) is 64.8 cm³/mol. The zero-order valence-electron chi connectivity index (χ0n) is 11.2. The van der Waals surface area contributed by atoms with Crippen molar-refractivity contribution in [3.63, 3.8) is 0 Å². The molecule has 17 heavy (non-hydrogen) atoms. The van der Waals surface area contributed by atoms with Crippen LogP contribution in [-0.2, 0) is 9.47 Å². The highest BCUT2D eigenvalue weighted by atomic mass is 16.6. The fourth-order valence-corrected chi connectivity index (χ4v) is 2.91. The number of amides is 1.